The third-order valence-corrected chi connectivity index (χ3v) is 5.03. The van der Waals surface area contributed by atoms with Crippen LogP contribution in [0, 0.1) is 13.8 Å². The number of hydrogen-bond donors (Lipinski definition) is 1. The first-order valence-electron chi connectivity index (χ1n) is 8.62. The minimum absolute atomic E-state index is 0.0397. The normalized spacial score (nSPS) is 15.5. The molecule has 2 heterocycles. The quantitative estimate of drug-likeness (QED) is 0.515. The summed E-state index contributed by atoms with van der Waals surface area (Å²) in [7, 11) is 0. The van der Waals surface area contributed by atoms with Crippen molar-refractivity contribution in [3.8, 4) is 11.4 Å². The summed E-state index contributed by atoms with van der Waals surface area (Å²) in [5, 5.41) is 3.73. The highest BCUT2D eigenvalue weighted by Gasteiger charge is 2.28. The van der Waals surface area contributed by atoms with E-state index >= 15 is 0 Å². The maximum Gasteiger partial charge on any atom is 0.145 e. The molecule has 0 spiro atoms. The van der Waals surface area contributed by atoms with E-state index < -0.39 is 0 Å². The summed E-state index contributed by atoms with van der Waals surface area (Å²) in [6.07, 6.45) is 0.0397. The molecule has 0 aliphatic carbocycles. The van der Waals surface area contributed by atoms with E-state index in [0.717, 1.165) is 28.1 Å². The van der Waals surface area contributed by atoms with Crippen molar-refractivity contribution in [2.24, 2.45) is 0 Å². The van der Waals surface area contributed by atoms with Crippen molar-refractivity contribution >= 4 is 16.7 Å². The molecule has 3 nitrogen and oxygen atoms in total. The van der Waals surface area contributed by atoms with E-state index in [4.69, 9.17) is 4.98 Å². The summed E-state index contributed by atoms with van der Waals surface area (Å²) in [4.78, 5) is 4.94. The molecule has 25 heavy (non-hydrogen) atoms. The molecule has 1 aromatic heterocycles. The molecule has 0 saturated heterocycles. The first-order chi connectivity index (χ1) is 12.2. The second kappa shape index (κ2) is 5.21. The first-order valence-corrected chi connectivity index (χ1v) is 8.62. The number of hydrogen-bond acceptors (Lipinski definition) is 2. The maximum atomic E-state index is 4.94. The summed E-state index contributed by atoms with van der Waals surface area (Å²) in [6.45, 7) is 4.32. The molecule has 122 valence electrons. The summed E-state index contributed by atoms with van der Waals surface area (Å²) in [6, 6.07) is 23.4. The van der Waals surface area contributed by atoms with Gasteiger partial charge in [-0.3, -0.25) is 4.57 Å². The maximum absolute atomic E-state index is 4.94. The van der Waals surface area contributed by atoms with Crippen LogP contribution in [0.25, 0.3) is 22.4 Å². The molecule has 0 saturated carbocycles. The summed E-state index contributed by atoms with van der Waals surface area (Å²) >= 11 is 0. The van der Waals surface area contributed by atoms with Gasteiger partial charge in [0.1, 0.15) is 12.0 Å². The predicted molar refractivity (Wildman–Crippen MR) is 103 cm³/mol. The van der Waals surface area contributed by atoms with Crippen LogP contribution in [-0.2, 0) is 0 Å². The van der Waals surface area contributed by atoms with Crippen molar-refractivity contribution in [3.63, 3.8) is 0 Å². The average molecular weight is 325 g/mol. The summed E-state index contributed by atoms with van der Waals surface area (Å²) in [5.41, 5.74) is 8.34. The minimum atomic E-state index is 0.0397. The van der Waals surface area contributed by atoms with Gasteiger partial charge >= 0.3 is 0 Å². The Hall–Kier alpha value is -3.07. The Bertz CT molecular complexity index is 1110. The Morgan fingerprint density at radius 1 is 0.920 bits per heavy atom. The van der Waals surface area contributed by atoms with E-state index in [1.54, 1.807) is 0 Å². The number of nitrogens with one attached hydrogen (secondary N) is 1. The van der Waals surface area contributed by atoms with Crippen LogP contribution in [0.1, 0.15) is 22.9 Å². The first kappa shape index (κ1) is 14.3. The monoisotopic (exact) mass is 325 g/mol. The van der Waals surface area contributed by atoms with Gasteiger partial charge in [0.25, 0.3) is 0 Å². The third-order valence-electron chi connectivity index (χ3n) is 5.03. The van der Waals surface area contributed by atoms with Gasteiger partial charge in [0.05, 0.1) is 11.0 Å². The Kier molecular flexibility index (Phi) is 2.98. The third kappa shape index (κ3) is 2.09. The van der Waals surface area contributed by atoms with Crippen LogP contribution in [0.4, 0.5) is 5.69 Å². The van der Waals surface area contributed by atoms with Gasteiger partial charge in [0.2, 0.25) is 0 Å². The van der Waals surface area contributed by atoms with Crippen molar-refractivity contribution in [1.82, 2.24) is 9.55 Å². The Morgan fingerprint density at radius 3 is 2.60 bits per heavy atom. The zero-order valence-corrected chi connectivity index (χ0v) is 14.3. The molecule has 1 atom stereocenters. The number of rotatable bonds is 1. The fraction of sp³-hybridized carbons (Fsp3) is 0.136. The van der Waals surface area contributed by atoms with Gasteiger partial charge < -0.3 is 5.32 Å². The number of nitrogens with zero attached hydrogens (tertiary/aromatic N) is 2. The van der Waals surface area contributed by atoms with Gasteiger partial charge in [-0.1, -0.05) is 48.0 Å². The lowest BCUT2D eigenvalue weighted by Gasteiger charge is -2.31. The van der Waals surface area contributed by atoms with Crippen LogP contribution in [0.15, 0.2) is 66.7 Å². The highest BCUT2D eigenvalue weighted by Crippen LogP contribution is 2.41. The topological polar surface area (TPSA) is 29.9 Å². The molecule has 0 fully saturated rings. The molecule has 3 heteroatoms. The SMILES string of the molecule is Cc1ccc(C2Nc3ccccc3-c3nc4ccccc4n32)c(C)c1. The van der Waals surface area contributed by atoms with Crippen LogP contribution in [0.2, 0.25) is 0 Å². The Labute approximate surface area is 147 Å². The lowest BCUT2D eigenvalue weighted by Crippen LogP contribution is -2.25. The molecule has 1 aliphatic rings. The molecule has 1 aliphatic heterocycles. The van der Waals surface area contributed by atoms with Crippen LogP contribution in [-0.4, -0.2) is 9.55 Å². The molecule has 1 N–H and O–H groups in total. The molecular weight excluding hydrogens is 306 g/mol. The molecular formula is C22H19N3. The highest BCUT2D eigenvalue weighted by molar-refractivity contribution is 5.86. The standard InChI is InChI=1S/C22H19N3/c1-14-11-12-16(15(2)13-14)21-23-18-8-4-3-7-17(18)22-24-19-9-5-6-10-20(19)25(21)22/h3-13,21,23H,1-2H3. The van der Waals surface area contributed by atoms with Crippen LogP contribution < -0.4 is 5.32 Å². The molecule has 1 unspecified atom stereocenters. The molecule has 0 radical (unpaired) electrons. The van der Waals surface area contributed by atoms with Gasteiger partial charge in [-0.15, -0.1) is 0 Å². The van der Waals surface area contributed by atoms with Crippen molar-refractivity contribution in [1.29, 1.82) is 0 Å². The average Bonchev–Trinajstić information content (AvgIpc) is 3.01. The van der Waals surface area contributed by atoms with Crippen molar-refractivity contribution in [3.05, 3.63) is 83.4 Å². The van der Waals surface area contributed by atoms with Gasteiger partial charge in [0, 0.05) is 11.3 Å². The summed E-state index contributed by atoms with van der Waals surface area (Å²) < 4.78 is 2.33. The zero-order valence-electron chi connectivity index (χ0n) is 14.3. The number of para-hydroxylation sites is 3. The fourth-order valence-electron chi connectivity index (χ4n) is 3.86. The van der Waals surface area contributed by atoms with Gasteiger partial charge in [-0.25, -0.2) is 4.98 Å². The zero-order chi connectivity index (χ0) is 17.0. The number of aromatic nitrogens is 2. The molecule has 4 aromatic rings. The van der Waals surface area contributed by atoms with Crippen molar-refractivity contribution < 1.29 is 0 Å². The van der Waals surface area contributed by atoms with E-state index in [-0.39, 0.29) is 6.17 Å². The second-order valence-corrected chi connectivity index (χ2v) is 6.75. The van der Waals surface area contributed by atoms with Crippen LogP contribution >= 0.6 is 0 Å². The lowest BCUT2D eigenvalue weighted by molar-refractivity contribution is 0.665. The molecule has 0 amide bonds. The van der Waals surface area contributed by atoms with Crippen LogP contribution in [0.3, 0.4) is 0 Å². The fourth-order valence-corrected chi connectivity index (χ4v) is 3.86. The highest BCUT2D eigenvalue weighted by atomic mass is 15.2. The number of imidazole rings is 1. The van der Waals surface area contributed by atoms with Crippen molar-refractivity contribution in [2.75, 3.05) is 5.32 Å². The van der Waals surface area contributed by atoms with E-state index in [2.05, 4.69) is 84.4 Å². The Morgan fingerprint density at radius 2 is 1.72 bits per heavy atom. The molecule has 5 rings (SSSR count). The van der Waals surface area contributed by atoms with E-state index in [9.17, 15) is 0 Å². The van der Waals surface area contributed by atoms with E-state index in [0.29, 0.717) is 0 Å². The smallest absolute Gasteiger partial charge is 0.145 e. The molecule has 3 aromatic carbocycles. The number of anilines is 1. The van der Waals surface area contributed by atoms with Crippen LogP contribution in [0.5, 0.6) is 0 Å². The Balaban J connectivity index is 1.83. The number of aryl methyl sites for hydroxylation is 2. The summed E-state index contributed by atoms with van der Waals surface area (Å²) in [5.74, 6) is 1.03. The van der Waals surface area contributed by atoms with Gasteiger partial charge in [0.15, 0.2) is 0 Å². The van der Waals surface area contributed by atoms with Gasteiger partial charge in [-0.2, -0.15) is 0 Å². The lowest BCUT2D eigenvalue weighted by atomic mass is 10.0. The van der Waals surface area contributed by atoms with Gasteiger partial charge in [-0.05, 0) is 49.2 Å². The van der Waals surface area contributed by atoms with E-state index in [1.165, 1.54) is 16.7 Å². The number of benzene rings is 3. The van der Waals surface area contributed by atoms with Crippen molar-refractivity contribution in [2.45, 2.75) is 20.0 Å². The molecule has 0 bridgehead atoms. The largest absolute Gasteiger partial charge is 0.361 e. The second-order valence-electron chi connectivity index (χ2n) is 6.75. The predicted octanol–water partition coefficient (Wildman–Crippen LogP) is 5.29. The van der Waals surface area contributed by atoms with E-state index in [1.807, 2.05) is 6.07 Å². The number of fused-ring (bicyclic) bond motifs is 5. The minimum Gasteiger partial charge on any atom is -0.361 e.